The van der Waals surface area contributed by atoms with Crippen LogP contribution < -0.4 is 10.2 Å². The predicted octanol–water partition coefficient (Wildman–Crippen LogP) is 2.90. The van der Waals surface area contributed by atoms with Gasteiger partial charge >= 0.3 is 0 Å². The fourth-order valence-electron chi connectivity index (χ4n) is 2.45. The molecule has 1 aromatic carbocycles. The predicted molar refractivity (Wildman–Crippen MR) is 77.8 cm³/mol. The summed E-state index contributed by atoms with van der Waals surface area (Å²) in [7, 11) is 2.05. The number of benzene rings is 1. The highest BCUT2D eigenvalue weighted by atomic mass is 79.9. The minimum absolute atomic E-state index is 0.536. The van der Waals surface area contributed by atoms with Crippen molar-refractivity contribution in [3.8, 4) is 6.07 Å². The molecule has 0 radical (unpaired) electrons. The Balaban J connectivity index is 2.11. The van der Waals surface area contributed by atoms with E-state index in [4.69, 9.17) is 0 Å². The number of anilines is 1. The van der Waals surface area contributed by atoms with Crippen molar-refractivity contribution < 1.29 is 0 Å². The van der Waals surface area contributed by atoms with Crippen molar-refractivity contribution in [2.75, 3.05) is 25.0 Å². The van der Waals surface area contributed by atoms with Gasteiger partial charge in [0.15, 0.2) is 0 Å². The molecule has 1 aromatic rings. The summed E-state index contributed by atoms with van der Waals surface area (Å²) in [5, 5.41) is 12.8. The molecule has 0 bridgehead atoms. The molecule has 3 nitrogen and oxygen atoms in total. The summed E-state index contributed by atoms with van der Waals surface area (Å²) >= 11 is 3.44. The van der Waals surface area contributed by atoms with E-state index in [9.17, 15) is 5.26 Å². The third-order valence-corrected chi connectivity index (χ3v) is 4.08. The maximum atomic E-state index is 9.23. The molecule has 1 N–H and O–H groups in total. The molecule has 1 heterocycles. The van der Waals surface area contributed by atoms with Gasteiger partial charge in [0, 0.05) is 24.1 Å². The van der Waals surface area contributed by atoms with Crippen molar-refractivity contribution in [3.05, 3.63) is 28.2 Å². The molecule has 96 valence electrons. The van der Waals surface area contributed by atoms with E-state index in [0.717, 1.165) is 28.8 Å². The van der Waals surface area contributed by atoms with Crippen LogP contribution in [0, 0.1) is 11.3 Å². The third-order valence-electron chi connectivity index (χ3n) is 3.42. The highest BCUT2D eigenvalue weighted by molar-refractivity contribution is 9.10. The third kappa shape index (κ3) is 3.04. The Morgan fingerprint density at radius 2 is 2.33 bits per heavy atom. The molecule has 2 rings (SSSR count). The summed E-state index contributed by atoms with van der Waals surface area (Å²) in [6, 6.07) is 8.70. The minimum atomic E-state index is 0.536. The molecule has 0 spiro atoms. The molecule has 4 heteroatoms. The van der Waals surface area contributed by atoms with Gasteiger partial charge in [-0.25, -0.2) is 0 Å². The molecule has 1 unspecified atom stereocenters. The van der Waals surface area contributed by atoms with Gasteiger partial charge in [-0.2, -0.15) is 5.26 Å². The number of nitriles is 1. The Kier molecular flexibility index (Phi) is 4.62. The van der Waals surface area contributed by atoms with Crippen molar-refractivity contribution >= 4 is 21.6 Å². The van der Waals surface area contributed by atoms with Crippen molar-refractivity contribution in [3.63, 3.8) is 0 Å². The Morgan fingerprint density at radius 1 is 1.50 bits per heavy atom. The van der Waals surface area contributed by atoms with Crippen LogP contribution in [0.3, 0.4) is 0 Å². The SMILES string of the molecule is CN(CC1CCCCN1)c1cccc(Br)c1C#N. The molecule has 0 aromatic heterocycles. The average Bonchev–Trinajstić information content (AvgIpc) is 2.39. The van der Waals surface area contributed by atoms with E-state index in [0.29, 0.717) is 6.04 Å². The highest BCUT2D eigenvalue weighted by Crippen LogP contribution is 2.26. The average molecular weight is 308 g/mol. The smallest absolute Gasteiger partial charge is 0.103 e. The van der Waals surface area contributed by atoms with E-state index < -0.39 is 0 Å². The van der Waals surface area contributed by atoms with Crippen LogP contribution in [0.5, 0.6) is 0 Å². The molecule has 1 aliphatic heterocycles. The molecule has 0 saturated carbocycles. The van der Waals surface area contributed by atoms with Gasteiger partial charge in [-0.3, -0.25) is 0 Å². The first kappa shape index (κ1) is 13.4. The van der Waals surface area contributed by atoms with Gasteiger partial charge in [-0.1, -0.05) is 12.5 Å². The lowest BCUT2D eigenvalue weighted by atomic mass is 10.0. The zero-order valence-corrected chi connectivity index (χ0v) is 12.2. The molecule has 1 fully saturated rings. The summed E-state index contributed by atoms with van der Waals surface area (Å²) < 4.78 is 0.867. The molecule has 1 atom stereocenters. The second-order valence-corrected chi connectivity index (χ2v) is 5.63. The quantitative estimate of drug-likeness (QED) is 0.933. The summed E-state index contributed by atoms with van der Waals surface area (Å²) in [4.78, 5) is 2.17. The minimum Gasteiger partial charge on any atom is -0.372 e. The molecule has 0 amide bonds. The topological polar surface area (TPSA) is 39.1 Å². The zero-order chi connectivity index (χ0) is 13.0. The van der Waals surface area contributed by atoms with Gasteiger partial charge in [-0.05, 0) is 47.4 Å². The van der Waals surface area contributed by atoms with Crippen molar-refractivity contribution in [2.45, 2.75) is 25.3 Å². The zero-order valence-electron chi connectivity index (χ0n) is 10.6. The molecular formula is C14H18BrN3. The van der Waals surface area contributed by atoms with Gasteiger partial charge < -0.3 is 10.2 Å². The fourth-order valence-corrected chi connectivity index (χ4v) is 2.89. The Labute approximate surface area is 117 Å². The molecule has 1 aliphatic rings. The van der Waals surface area contributed by atoms with E-state index in [2.05, 4.69) is 39.3 Å². The molecule has 1 saturated heterocycles. The maximum absolute atomic E-state index is 9.23. The van der Waals surface area contributed by atoms with E-state index in [1.165, 1.54) is 19.3 Å². The van der Waals surface area contributed by atoms with Crippen molar-refractivity contribution in [2.24, 2.45) is 0 Å². The lowest BCUT2D eigenvalue weighted by Crippen LogP contribution is -2.42. The first-order valence-electron chi connectivity index (χ1n) is 6.35. The summed E-state index contributed by atoms with van der Waals surface area (Å²) in [6.07, 6.45) is 3.80. The van der Waals surface area contributed by atoms with Gasteiger partial charge in [-0.15, -0.1) is 0 Å². The van der Waals surface area contributed by atoms with E-state index in [1.54, 1.807) is 0 Å². The molecular weight excluding hydrogens is 290 g/mol. The second-order valence-electron chi connectivity index (χ2n) is 4.77. The normalized spacial score (nSPS) is 19.3. The van der Waals surface area contributed by atoms with Crippen LogP contribution in [0.25, 0.3) is 0 Å². The number of hydrogen-bond acceptors (Lipinski definition) is 3. The summed E-state index contributed by atoms with van der Waals surface area (Å²) in [5.74, 6) is 0. The van der Waals surface area contributed by atoms with Gasteiger partial charge in [0.1, 0.15) is 6.07 Å². The largest absolute Gasteiger partial charge is 0.372 e. The number of likely N-dealkylation sites (N-methyl/N-ethyl adjacent to an activating group) is 1. The summed E-state index contributed by atoms with van der Waals surface area (Å²) in [5.41, 5.74) is 1.72. The van der Waals surface area contributed by atoms with Crippen molar-refractivity contribution in [1.82, 2.24) is 5.32 Å². The highest BCUT2D eigenvalue weighted by Gasteiger charge is 2.17. The van der Waals surface area contributed by atoms with Crippen LogP contribution in [-0.2, 0) is 0 Å². The maximum Gasteiger partial charge on any atom is 0.103 e. The van der Waals surface area contributed by atoms with Crippen LogP contribution >= 0.6 is 15.9 Å². The van der Waals surface area contributed by atoms with Crippen LogP contribution in [0.1, 0.15) is 24.8 Å². The molecule has 0 aliphatic carbocycles. The number of rotatable bonds is 3. The Morgan fingerprint density at radius 3 is 3.00 bits per heavy atom. The lowest BCUT2D eigenvalue weighted by Gasteiger charge is -2.30. The van der Waals surface area contributed by atoms with Gasteiger partial charge in [0.25, 0.3) is 0 Å². The number of nitrogens with one attached hydrogen (secondary N) is 1. The second kappa shape index (κ2) is 6.21. The van der Waals surface area contributed by atoms with Crippen LogP contribution in [0.4, 0.5) is 5.69 Å². The summed E-state index contributed by atoms with van der Waals surface area (Å²) in [6.45, 7) is 2.06. The number of nitrogens with zero attached hydrogens (tertiary/aromatic N) is 2. The molecule has 18 heavy (non-hydrogen) atoms. The van der Waals surface area contributed by atoms with Crippen LogP contribution in [0.15, 0.2) is 22.7 Å². The Bertz CT molecular complexity index is 447. The first-order valence-corrected chi connectivity index (χ1v) is 7.15. The van der Waals surface area contributed by atoms with E-state index >= 15 is 0 Å². The van der Waals surface area contributed by atoms with Crippen LogP contribution in [-0.4, -0.2) is 26.2 Å². The number of halogens is 1. The standard InChI is InChI=1S/C14H18BrN3/c1-18(10-11-5-2-3-8-17-11)14-7-4-6-13(15)12(14)9-16/h4,6-7,11,17H,2-3,5,8,10H2,1H3. The fraction of sp³-hybridized carbons (Fsp3) is 0.500. The number of piperidine rings is 1. The van der Waals surface area contributed by atoms with E-state index in [1.807, 2.05) is 18.2 Å². The van der Waals surface area contributed by atoms with Gasteiger partial charge in [0.05, 0.1) is 11.3 Å². The Hall–Kier alpha value is -1.05. The number of hydrogen-bond donors (Lipinski definition) is 1. The van der Waals surface area contributed by atoms with Gasteiger partial charge in [0.2, 0.25) is 0 Å². The monoisotopic (exact) mass is 307 g/mol. The first-order chi connectivity index (χ1) is 8.72. The van der Waals surface area contributed by atoms with E-state index in [-0.39, 0.29) is 0 Å². The van der Waals surface area contributed by atoms with Crippen LogP contribution in [0.2, 0.25) is 0 Å². The lowest BCUT2D eigenvalue weighted by molar-refractivity contribution is 0.403. The van der Waals surface area contributed by atoms with Crippen molar-refractivity contribution in [1.29, 1.82) is 5.26 Å².